The fraction of sp³-hybridized carbons (Fsp3) is 0.415. The molecule has 3 fully saturated rings. The number of imidazole rings is 1. The summed E-state index contributed by atoms with van der Waals surface area (Å²) in [7, 11) is 0. The number of hydrogen-bond donors (Lipinski definition) is 3. The van der Waals surface area contributed by atoms with Crippen molar-refractivity contribution in [2.45, 2.75) is 71.1 Å². The molecule has 0 bridgehead atoms. The van der Waals surface area contributed by atoms with E-state index >= 15 is 8.78 Å². The SMILES string of the molecule is Cc1nc2c(F)cc(-c3nc(Nc4ccc(N5CCC(N6CCN(Cc7cccc(NC8CCC(=O)NC8=O)c7)CC6)CC5)cn4)ncc3F)cc2n1C(C)C. The number of anilines is 4. The molecule has 3 aliphatic heterocycles. The molecule has 8 rings (SSSR count). The van der Waals surface area contributed by atoms with Crippen molar-refractivity contribution in [1.82, 2.24) is 39.6 Å². The smallest absolute Gasteiger partial charge is 0.249 e. The Hall–Kier alpha value is -5.54. The summed E-state index contributed by atoms with van der Waals surface area (Å²) in [4.78, 5) is 48.7. The standard InChI is InChI=1S/C41H47F2N11O2/c1-25(2)54-26(3)46-39-32(42)20-28(21-35(39)54)38-33(43)23-45-41(50-38)48-36-9-7-31(22-44-36)52-13-11-30(12-14-52)53-17-15-51(16-18-53)24-27-5-4-6-29(19-27)47-34-8-10-37(55)49-40(34)56/h4-7,9,19-23,25,30,34,47H,8,10-18,24H2,1-3H3,(H,49,55,56)(H,44,45,48,50). The van der Waals surface area contributed by atoms with E-state index in [9.17, 15) is 9.59 Å². The van der Waals surface area contributed by atoms with Gasteiger partial charge in [0.25, 0.3) is 0 Å². The van der Waals surface area contributed by atoms with Crippen molar-refractivity contribution < 1.29 is 18.4 Å². The molecule has 0 saturated carbocycles. The van der Waals surface area contributed by atoms with Crippen molar-refractivity contribution in [2.24, 2.45) is 0 Å². The number of imide groups is 1. The van der Waals surface area contributed by atoms with Gasteiger partial charge in [0, 0.05) is 75.6 Å². The Labute approximate surface area is 324 Å². The number of carbonyl (C=O) groups is 2. The lowest BCUT2D eigenvalue weighted by Crippen LogP contribution is -2.53. The number of piperazine rings is 1. The number of amides is 2. The van der Waals surface area contributed by atoms with Crippen LogP contribution < -0.4 is 20.9 Å². The van der Waals surface area contributed by atoms with Gasteiger partial charge in [0.2, 0.25) is 17.8 Å². The summed E-state index contributed by atoms with van der Waals surface area (Å²) in [5, 5.41) is 8.79. The van der Waals surface area contributed by atoms with Crippen LogP contribution in [0, 0.1) is 18.6 Å². The number of piperidine rings is 2. The Balaban J connectivity index is 0.823. The maximum Gasteiger partial charge on any atom is 0.249 e. The molecule has 15 heteroatoms. The molecule has 0 spiro atoms. The Morgan fingerprint density at radius 1 is 0.893 bits per heavy atom. The van der Waals surface area contributed by atoms with Crippen molar-refractivity contribution in [2.75, 3.05) is 54.8 Å². The Bertz CT molecular complexity index is 2230. The topological polar surface area (TPSA) is 136 Å². The van der Waals surface area contributed by atoms with Crippen LogP contribution in [0.25, 0.3) is 22.3 Å². The molecule has 292 valence electrons. The average Bonchev–Trinajstić information content (AvgIpc) is 3.54. The van der Waals surface area contributed by atoms with Gasteiger partial charge in [-0.2, -0.15) is 0 Å². The summed E-state index contributed by atoms with van der Waals surface area (Å²) in [6, 6.07) is 15.3. The highest BCUT2D eigenvalue weighted by atomic mass is 19.1. The van der Waals surface area contributed by atoms with E-state index in [4.69, 9.17) is 0 Å². The summed E-state index contributed by atoms with van der Waals surface area (Å²) < 4.78 is 32.1. The van der Waals surface area contributed by atoms with Gasteiger partial charge in [0.05, 0.1) is 23.6 Å². The zero-order chi connectivity index (χ0) is 38.9. The van der Waals surface area contributed by atoms with E-state index in [1.165, 1.54) is 11.6 Å². The maximum absolute atomic E-state index is 15.1. The molecule has 2 aromatic carbocycles. The molecule has 1 unspecified atom stereocenters. The lowest BCUT2D eigenvalue weighted by molar-refractivity contribution is -0.133. The summed E-state index contributed by atoms with van der Waals surface area (Å²) in [5.41, 5.74) is 4.26. The fourth-order valence-electron chi connectivity index (χ4n) is 8.27. The zero-order valence-electron chi connectivity index (χ0n) is 31.9. The van der Waals surface area contributed by atoms with Gasteiger partial charge in [0.1, 0.15) is 28.9 Å². The number of hydrogen-bond acceptors (Lipinski definition) is 11. The maximum atomic E-state index is 15.1. The van der Waals surface area contributed by atoms with Gasteiger partial charge < -0.3 is 20.1 Å². The predicted molar refractivity (Wildman–Crippen MR) is 212 cm³/mol. The second-order valence-corrected chi connectivity index (χ2v) is 15.2. The monoisotopic (exact) mass is 763 g/mol. The van der Waals surface area contributed by atoms with Crippen LogP contribution in [0.2, 0.25) is 0 Å². The normalized spacial score (nSPS) is 18.8. The predicted octanol–water partition coefficient (Wildman–Crippen LogP) is 5.80. The lowest BCUT2D eigenvalue weighted by Gasteiger charge is -2.43. The molecule has 3 N–H and O–H groups in total. The molecule has 13 nitrogen and oxygen atoms in total. The molecular formula is C41H47F2N11O2. The van der Waals surface area contributed by atoms with Crippen molar-refractivity contribution in [3.63, 3.8) is 0 Å². The van der Waals surface area contributed by atoms with Gasteiger partial charge in [-0.15, -0.1) is 0 Å². The quantitative estimate of drug-likeness (QED) is 0.149. The van der Waals surface area contributed by atoms with Gasteiger partial charge in [-0.05, 0) is 82.0 Å². The van der Waals surface area contributed by atoms with Crippen molar-refractivity contribution in [3.8, 4) is 11.3 Å². The third kappa shape index (κ3) is 8.05. The first-order chi connectivity index (χ1) is 27.1. The molecular weight excluding hydrogens is 717 g/mol. The van der Waals surface area contributed by atoms with Crippen LogP contribution >= 0.6 is 0 Å². The number of fused-ring (bicyclic) bond motifs is 1. The van der Waals surface area contributed by atoms with E-state index in [0.29, 0.717) is 41.6 Å². The number of halogens is 2. The van der Waals surface area contributed by atoms with Gasteiger partial charge in [0.15, 0.2) is 11.6 Å². The first-order valence-corrected chi connectivity index (χ1v) is 19.4. The molecule has 3 aromatic heterocycles. The third-order valence-electron chi connectivity index (χ3n) is 11.1. The molecule has 6 heterocycles. The van der Waals surface area contributed by atoms with E-state index in [2.05, 4.69) is 62.7 Å². The second-order valence-electron chi connectivity index (χ2n) is 15.2. The number of aromatic nitrogens is 5. The molecule has 3 aliphatic rings. The Morgan fingerprint density at radius 2 is 1.70 bits per heavy atom. The number of nitrogens with zero attached hydrogens (tertiary/aromatic N) is 8. The van der Waals surface area contributed by atoms with E-state index in [1.807, 2.05) is 55.8 Å². The van der Waals surface area contributed by atoms with Crippen molar-refractivity contribution in [1.29, 1.82) is 0 Å². The van der Waals surface area contributed by atoms with Crippen LogP contribution in [-0.4, -0.2) is 97.5 Å². The molecule has 3 saturated heterocycles. The van der Waals surface area contributed by atoms with Gasteiger partial charge in [-0.1, -0.05) is 12.1 Å². The summed E-state index contributed by atoms with van der Waals surface area (Å²) in [6.45, 7) is 12.6. The minimum atomic E-state index is -0.654. The molecule has 0 aliphatic carbocycles. The summed E-state index contributed by atoms with van der Waals surface area (Å²) >= 11 is 0. The average molecular weight is 764 g/mol. The molecule has 56 heavy (non-hydrogen) atoms. The number of benzene rings is 2. The highest BCUT2D eigenvalue weighted by Crippen LogP contribution is 2.31. The Morgan fingerprint density at radius 3 is 2.43 bits per heavy atom. The van der Waals surface area contributed by atoms with E-state index in [-0.39, 0.29) is 35.0 Å². The van der Waals surface area contributed by atoms with Crippen LogP contribution in [0.15, 0.2) is 60.9 Å². The minimum absolute atomic E-state index is 0.00951. The second kappa shape index (κ2) is 15.9. The van der Waals surface area contributed by atoms with E-state index < -0.39 is 17.7 Å². The molecule has 5 aromatic rings. The van der Waals surface area contributed by atoms with Crippen molar-refractivity contribution >= 4 is 46.0 Å². The number of aryl methyl sites for hydroxylation is 1. The van der Waals surface area contributed by atoms with Gasteiger partial charge in [-0.3, -0.25) is 24.7 Å². The largest absolute Gasteiger partial charge is 0.374 e. The highest BCUT2D eigenvalue weighted by Gasteiger charge is 2.29. The number of nitrogens with one attached hydrogen (secondary N) is 3. The molecule has 0 radical (unpaired) electrons. The third-order valence-corrected chi connectivity index (χ3v) is 11.1. The van der Waals surface area contributed by atoms with E-state index in [1.54, 1.807) is 6.07 Å². The number of carbonyl (C=O) groups excluding carboxylic acids is 2. The molecule has 2 amide bonds. The van der Waals surface area contributed by atoms with Crippen LogP contribution in [0.1, 0.15) is 57.0 Å². The summed E-state index contributed by atoms with van der Waals surface area (Å²) in [6.07, 6.45) is 5.92. The first kappa shape index (κ1) is 37.4. The van der Waals surface area contributed by atoms with Gasteiger partial charge in [-0.25, -0.2) is 28.7 Å². The molecule has 1 atom stereocenters. The Kier molecular flexibility index (Phi) is 10.6. The number of rotatable bonds is 10. The number of pyridine rings is 1. The van der Waals surface area contributed by atoms with Crippen LogP contribution in [0.3, 0.4) is 0 Å². The van der Waals surface area contributed by atoms with Crippen LogP contribution in [-0.2, 0) is 16.1 Å². The lowest BCUT2D eigenvalue weighted by atomic mass is 10.0. The van der Waals surface area contributed by atoms with Crippen molar-refractivity contribution in [3.05, 3.63) is 83.9 Å². The zero-order valence-corrected chi connectivity index (χ0v) is 31.9. The fourth-order valence-corrected chi connectivity index (χ4v) is 8.27. The van der Waals surface area contributed by atoms with Crippen LogP contribution in [0.4, 0.5) is 31.9 Å². The van der Waals surface area contributed by atoms with Crippen LogP contribution in [0.5, 0.6) is 0 Å². The first-order valence-electron chi connectivity index (χ1n) is 19.4. The summed E-state index contributed by atoms with van der Waals surface area (Å²) in [5.74, 6) is -0.296. The van der Waals surface area contributed by atoms with Gasteiger partial charge >= 0.3 is 0 Å². The van der Waals surface area contributed by atoms with E-state index in [0.717, 1.165) is 76.2 Å². The minimum Gasteiger partial charge on any atom is -0.374 e. The highest BCUT2D eigenvalue weighted by molar-refractivity contribution is 6.01.